The fourth-order valence-corrected chi connectivity index (χ4v) is 2.17. The molecular formula is C13H10ClIN2O. The minimum Gasteiger partial charge on any atom is -0.399 e. The van der Waals surface area contributed by atoms with E-state index in [1.807, 2.05) is 12.1 Å². The van der Waals surface area contributed by atoms with Gasteiger partial charge in [-0.2, -0.15) is 0 Å². The molecule has 1 amide bonds. The van der Waals surface area contributed by atoms with E-state index >= 15 is 0 Å². The lowest BCUT2D eigenvalue weighted by molar-refractivity contribution is 0.102. The van der Waals surface area contributed by atoms with Crippen LogP contribution in [0.2, 0.25) is 5.02 Å². The SMILES string of the molecule is Nc1ccc(Cl)c(NC(=O)c2cccc(I)c2)c1. The fraction of sp³-hybridized carbons (Fsp3) is 0. The van der Waals surface area contributed by atoms with Gasteiger partial charge in [0.05, 0.1) is 10.7 Å². The van der Waals surface area contributed by atoms with E-state index in [1.165, 1.54) is 0 Å². The van der Waals surface area contributed by atoms with Crippen LogP contribution in [-0.2, 0) is 0 Å². The number of anilines is 2. The van der Waals surface area contributed by atoms with E-state index < -0.39 is 0 Å². The molecule has 0 spiro atoms. The zero-order valence-corrected chi connectivity index (χ0v) is 12.2. The van der Waals surface area contributed by atoms with E-state index in [0.29, 0.717) is 22.0 Å². The third-order valence-electron chi connectivity index (χ3n) is 2.33. The van der Waals surface area contributed by atoms with Crippen LogP contribution < -0.4 is 11.1 Å². The first-order valence-electron chi connectivity index (χ1n) is 5.18. The molecule has 0 saturated heterocycles. The van der Waals surface area contributed by atoms with Crippen molar-refractivity contribution in [2.45, 2.75) is 0 Å². The number of carbonyl (C=O) groups is 1. The topological polar surface area (TPSA) is 55.1 Å². The van der Waals surface area contributed by atoms with Gasteiger partial charge in [-0.05, 0) is 59.0 Å². The van der Waals surface area contributed by atoms with E-state index in [9.17, 15) is 4.79 Å². The first-order chi connectivity index (χ1) is 8.56. The highest BCUT2D eigenvalue weighted by atomic mass is 127. The van der Waals surface area contributed by atoms with Gasteiger partial charge >= 0.3 is 0 Å². The van der Waals surface area contributed by atoms with Crippen LogP contribution in [0.25, 0.3) is 0 Å². The highest BCUT2D eigenvalue weighted by Crippen LogP contribution is 2.24. The number of benzene rings is 2. The fourth-order valence-electron chi connectivity index (χ4n) is 1.46. The van der Waals surface area contributed by atoms with E-state index in [4.69, 9.17) is 17.3 Å². The molecule has 2 rings (SSSR count). The second-order valence-corrected chi connectivity index (χ2v) is 5.36. The lowest BCUT2D eigenvalue weighted by Crippen LogP contribution is -2.12. The molecule has 3 N–H and O–H groups in total. The van der Waals surface area contributed by atoms with E-state index in [1.54, 1.807) is 30.3 Å². The lowest BCUT2D eigenvalue weighted by atomic mass is 10.2. The summed E-state index contributed by atoms with van der Waals surface area (Å²) in [5, 5.41) is 3.20. The number of carbonyl (C=O) groups excluding carboxylic acids is 1. The van der Waals surface area contributed by atoms with Crippen molar-refractivity contribution in [1.82, 2.24) is 0 Å². The number of halogens is 2. The number of nitrogen functional groups attached to an aromatic ring is 1. The second kappa shape index (κ2) is 5.58. The zero-order chi connectivity index (χ0) is 13.1. The minimum absolute atomic E-state index is 0.207. The molecule has 0 aliphatic heterocycles. The van der Waals surface area contributed by atoms with Crippen LogP contribution in [0.15, 0.2) is 42.5 Å². The smallest absolute Gasteiger partial charge is 0.255 e. The van der Waals surface area contributed by atoms with Gasteiger partial charge in [-0.15, -0.1) is 0 Å². The van der Waals surface area contributed by atoms with Gasteiger partial charge in [0.1, 0.15) is 0 Å². The van der Waals surface area contributed by atoms with Crippen molar-refractivity contribution in [2.75, 3.05) is 11.1 Å². The van der Waals surface area contributed by atoms with Crippen LogP contribution in [0.1, 0.15) is 10.4 Å². The summed E-state index contributed by atoms with van der Waals surface area (Å²) < 4.78 is 0.999. The summed E-state index contributed by atoms with van der Waals surface area (Å²) in [6, 6.07) is 12.3. The van der Waals surface area contributed by atoms with Crippen molar-refractivity contribution in [3.05, 3.63) is 56.6 Å². The van der Waals surface area contributed by atoms with Gasteiger partial charge in [-0.25, -0.2) is 0 Å². The Hall–Kier alpha value is -1.27. The number of hydrogen-bond acceptors (Lipinski definition) is 2. The van der Waals surface area contributed by atoms with Gasteiger partial charge in [0.15, 0.2) is 0 Å². The van der Waals surface area contributed by atoms with Crippen molar-refractivity contribution in [2.24, 2.45) is 0 Å². The predicted molar refractivity (Wildman–Crippen MR) is 83.0 cm³/mol. The van der Waals surface area contributed by atoms with Gasteiger partial charge in [0.25, 0.3) is 5.91 Å². The maximum Gasteiger partial charge on any atom is 0.255 e. The number of hydrogen-bond donors (Lipinski definition) is 2. The monoisotopic (exact) mass is 372 g/mol. The summed E-state index contributed by atoms with van der Waals surface area (Å²) in [4.78, 5) is 12.0. The van der Waals surface area contributed by atoms with Crippen molar-refractivity contribution in [3.8, 4) is 0 Å². The Kier molecular flexibility index (Phi) is 4.08. The van der Waals surface area contributed by atoms with E-state index in [-0.39, 0.29) is 5.91 Å². The van der Waals surface area contributed by atoms with Crippen molar-refractivity contribution >= 4 is 51.5 Å². The van der Waals surface area contributed by atoms with E-state index in [0.717, 1.165) is 3.57 Å². The Morgan fingerprint density at radius 1 is 1.22 bits per heavy atom. The summed E-state index contributed by atoms with van der Waals surface area (Å²) >= 11 is 8.14. The third kappa shape index (κ3) is 3.14. The van der Waals surface area contributed by atoms with Crippen LogP contribution in [-0.4, -0.2) is 5.91 Å². The Morgan fingerprint density at radius 3 is 2.72 bits per heavy atom. The van der Waals surface area contributed by atoms with Crippen LogP contribution in [0.4, 0.5) is 11.4 Å². The highest BCUT2D eigenvalue weighted by molar-refractivity contribution is 14.1. The average molecular weight is 373 g/mol. The molecule has 3 nitrogen and oxygen atoms in total. The van der Waals surface area contributed by atoms with Crippen LogP contribution in [0, 0.1) is 3.57 Å². The third-order valence-corrected chi connectivity index (χ3v) is 3.33. The van der Waals surface area contributed by atoms with Crippen molar-refractivity contribution < 1.29 is 4.79 Å². The average Bonchev–Trinajstić information content (AvgIpc) is 2.34. The summed E-state index contributed by atoms with van der Waals surface area (Å²) in [5.74, 6) is -0.207. The number of rotatable bonds is 2. The standard InChI is InChI=1S/C13H10ClIN2O/c14-11-5-4-10(16)7-12(11)17-13(18)8-2-1-3-9(15)6-8/h1-7H,16H2,(H,17,18). The normalized spacial score (nSPS) is 10.1. The van der Waals surface area contributed by atoms with E-state index in [2.05, 4.69) is 27.9 Å². The van der Waals surface area contributed by atoms with Gasteiger partial charge in [-0.3, -0.25) is 4.79 Å². The molecule has 0 radical (unpaired) electrons. The Bertz CT molecular complexity index is 601. The highest BCUT2D eigenvalue weighted by Gasteiger charge is 2.08. The van der Waals surface area contributed by atoms with Crippen LogP contribution in [0.5, 0.6) is 0 Å². The number of nitrogens with two attached hydrogens (primary N) is 1. The quantitative estimate of drug-likeness (QED) is 0.623. The molecule has 0 aromatic heterocycles. The van der Waals surface area contributed by atoms with Gasteiger partial charge in [-0.1, -0.05) is 17.7 Å². The Morgan fingerprint density at radius 2 is 2.00 bits per heavy atom. The molecule has 0 aliphatic carbocycles. The predicted octanol–water partition coefficient (Wildman–Crippen LogP) is 3.78. The summed E-state index contributed by atoms with van der Waals surface area (Å²) in [5.41, 5.74) is 7.31. The van der Waals surface area contributed by atoms with Gasteiger partial charge in [0, 0.05) is 14.8 Å². The molecule has 2 aromatic rings. The molecule has 92 valence electrons. The zero-order valence-electron chi connectivity index (χ0n) is 9.28. The maximum atomic E-state index is 12.0. The molecule has 0 heterocycles. The molecule has 0 bridgehead atoms. The molecular weight excluding hydrogens is 363 g/mol. The second-order valence-electron chi connectivity index (χ2n) is 3.70. The van der Waals surface area contributed by atoms with Crippen LogP contribution in [0.3, 0.4) is 0 Å². The number of nitrogens with one attached hydrogen (secondary N) is 1. The summed E-state index contributed by atoms with van der Waals surface area (Å²) in [6.07, 6.45) is 0. The van der Waals surface area contributed by atoms with Crippen molar-refractivity contribution in [1.29, 1.82) is 0 Å². The molecule has 0 saturated carbocycles. The van der Waals surface area contributed by atoms with Crippen molar-refractivity contribution in [3.63, 3.8) is 0 Å². The first kappa shape index (κ1) is 13.2. The van der Waals surface area contributed by atoms with Gasteiger partial charge in [0.2, 0.25) is 0 Å². The lowest BCUT2D eigenvalue weighted by Gasteiger charge is -2.08. The van der Waals surface area contributed by atoms with Gasteiger partial charge < -0.3 is 11.1 Å². The Balaban J connectivity index is 2.24. The Labute approximate surface area is 123 Å². The molecule has 5 heteroatoms. The van der Waals surface area contributed by atoms with Crippen LogP contribution >= 0.6 is 34.2 Å². The molecule has 2 aromatic carbocycles. The molecule has 18 heavy (non-hydrogen) atoms. The molecule has 0 atom stereocenters. The minimum atomic E-state index is -0.207. The maximum absolute atomic E-state index is 12.0. The summed E-state index contributed by atoms with van der Waals surface area (Å²) in [6.45, 7) is 0. The number of amides is 1. The molecule has 0 aliphatic rings. The molecule has 0 unspecified atom stereocenters. The molecule has 0 fully saturated rings. The summed E-state index contributed by atoms with van der Waals surface area (Å²) in [7, 11) is 0. The largest absolute Gasteiger partial charge is 0.399 e. The first-order valence-corrected chi connectivity index (χ1v) is 6.64.